The van der Waals surface area contributed by atoms with E-state index < -0.39 is 25.4 Å². The fraction of sp³-hybridized carbons (Fsp3) is 0.308. The van der Waals surface area contributed by atoms with Gasteiger partial charge in [-0.1, -0.05) is 6.07 Å². The van der Waals surface area contributed by atoms with Gasteiger partial charge in [-0.25, -0.2) is 0 Å². The zero-order chi connectivity index (χ0) is 13.9. The van der Waals surface area contributed by atoms with Crippen LogP contribution in [0.2, 0.25) is 0 Å². The van der Waals surface area contributed by atoms with Crippen LogP contribution in [0.25, 0.3) is 10.8 Å². The van der Waals surface area contributed by atoms with Crippen molar-refractivity contribution in [2.75, 3.05) is 30.9 Å². The number of nitrogens with two attached hydrogens (primary N) is 1. The average molecular weight is 263 g/mol. The van der Waals surface area contributed by atoms with Gasteiger partial charge in [-0.2, -0.15) is 0 Å². The molecular weight excluding hydrogens is 246 g/mol. The normalized spacial score (nSPS) is 11.7. The van der Waals surface area contributed by atoms with E-state index in [9.17, 15) is 15.3 Å². The Labute approximate surface area is 110 Å². The number of nitrogens with zero attached hydrogens (tertiary/aromatic N) is 1. The number of hydrogen-bond acceptors (Lipinski definition) is 6. The van der Waals surface area contributed by atoms with Gasteiger partial charge in [0.25, 0.3) is 0 Å². The summed E-state index contributed by atoms with van der Waals surface area (Å²) in [7, 11) is 0. The molecular formula is C13H17N3O3. The summed E-state index contributed by atoms with van der Waals surface area (Å²) >= 11 is 0. The Morgan fingerprint density at radius 1 is 1.11 bits per heavy atom. The van der Waals surface area contributed by atoms with Crippen LogP contribution >= 0.6 is 0 Å². The molecule has 1 heterocycles. The second-order valence-electron chi connectivity index (χ2n) is 4.50. The van der Waals surface area contributed by atoms with E-state index in [0.29, 0.717) is 11.4 Å². The molecule has 0 aliphatic rings. The van der Waals surface area contributed by atoms with Crippen LogP contribution < -0.4 is 11.1 Å². The summed E-state index contributed by atoms with van der Waals surface area (Å²) < 4.78 is 0. The lowest BCUT2D eigenvalue weighted by Gasteiger charge is -2.30. The number of aliphatic hydroxyl groups excluding tert-OH is 3. The molecule has 0 unspecified atom stereocenters. The largest absolute Gasteiger partial charge is 0.397 e. The fourth-order valence-electron chi connectivity index (χ4n) is 1.86. The highest BCUT2D eigenvalue weighted by atomic mass is 16.3. The Morgan fingerprint density at radius 2 is 1.79 bits per heavy atom. The smallest absolute Gasteiger partial charge is 0.107 e. The van der Waals surface area contributed by atoms with E-state index in [4.69, 9.17) is 5.73 Å². The molecule has 0 saturated carbocycles. The Balaban J connectivity index is 2.43. The van der Waals surface area contributed by atoms with Crippen LogP contribution in [0.1, 0.15) is 0 Å². The standard InChI is InChI=1S/C13H17N3O3/c14-12-10-3-4-15-5-9(10)1-2-11(12)16-13(6-17,7-18)8-19/h1-5,16-19H,6-8,14H2. The summed E-state index contributed by atoms with van der Waals surface area (Å²) in [6, 6.07) is 5.35. The first kappa shape index (κ1) is 13.5. The minimum Gasteiger partial charge on any atom is -0.397 e. The molecule has 1 aromatic carbocycles. The van der Waals surface area contributed by atoms with E-state index in [1.54, 1.807) is 24.5 Å². The summed E-state index contributed by atoms with van der Waals surface area (Å²) in [5, 5.41) is 32.6. The van der Waals surface area contributed by atoms with Gasteiger partial charge in [-0.05, 0) is 12.1 Å². The molecule has 2 aromatic rings. The van der Waals surface area contributed by atoms with Gasteiger partial charge >= 0.3 is 0 Å². The lowest BCUT2D eigenvalue weighted by molar-refractivity contribution is 0.0834. The lowest BCUT2D eigenvalue weighted by Crippen LogP contribution is -2.49. The van der Waals surface area contributed by atoms with Crippen LogP contribution in [-0.2, 0) is 0 Å². The molecule has 19 heavy (non-hydrogen) atoms. The van der Waals surface area contributed by atoms with Crippen molar-refractivity contribution in [3.05, 3.63) is 30.6 Å². The molecule has 0 radical (unpaired) electrons. The van der Waals surface area contributed by atoms with Crippen molar-refractivity contribution in [1.82, 2.24) is 4.98 Å². The number of aliphatic hydroxyl groups is 3. The van der Waals surface area contributed by atoms with Crippen molar-refractivity contribution in [2.24, 2.45) is 0 Å². The topological polar surface area (TPSA) is 112 Å². The van der Waals surface area contributed by atoms with Gasteiger partial charge in [-0.3, -0.25) is 4.98 Å². The van der Waals surface area contributed by atoms with Gasteiger partial charge in [0.1, 0.15) is 5.54 Å². The van der Waals surface area contributed by atoms with Crippen LogP contribution in [0.5, 0.6) is 0 Å². The first-order valence-corrected chi connectivity index (χ1v) is 5.89. The number of fused-ring (bicyclic) bond motifs is 1. The number of nitrogen functional groups attached to an aromatic ring is 1. The van der Waals surface area contributed by atoms with Crippen molar-refractivity contribution in [1.29, 1.82) is 0 Å². The molecule has 0 fully saturated rings. The Morgan fingerprint density at radius 3 is 2.42 bits per heavy atom. The molecule has 2 rings (SSSR count). The van der Waals surface area contributed by atoms with Crippen LogP contribution in [0.4, 0.5) is 11.4 Å². The summed E-state index contributed by atoms with van der Waals surface area (Å²) in [4.78, 5) is 4.01. The molecule has 0 bridgehead atoms. The number of benzene rings is 1. The molecule has 6 nitrogen and oxygen atoms in total. The van der Waals surface area contributed by atoms with Crippen molar-refractivity contribution < 1.29 is 15.3 Å². The van der Waals surface area contributed by atoms with Crippen molar-refractivity contribution in [3.8, 4) is 0 Å². The summed E-state index contributed by atoms with van der Waals surface area (Å²) in [5.41, 5.74) is 5.89. The third kappa shape index (κ3) is 2.46. The second kappa shape index (κ2) is 5.40. The summed E-state index contributed by atoms with van der Waals surface area (Å²) in [5.74, 6) is 0. The van der Waals surface area contributed by atoms with Gasteiger partial charge in [-0.15, -0.1) is 0 Å². The molecule has 0 atom stereocenters. The predicted molar refractivity (Wildman–Crippen MR) is 73.8 cm³/mol. The van der Waals surface area contributed by atoms with Crippen LogP contribution in [0.15, 0.2) is 30.6 Å². The molecule has 0 amide bonds. The number of hydrogen-bond donors (Lipinski definition) is 5. The van der Waals surface area contributed by atoms with E-state index in [0.717, 1.165) is 10.8 Å². The molecule has 0 aliphatic carbocycles. The van der Waals surface area contributed by atoms with Gasteiger partial charge < -0.3 is 26.4 Å². The van der Waals surface area contributed by atoms with Crippen LogP contribution in [0.3, 0.4) is 0 Å². The van der Waals surface area contributed by atoms with E-state index in [1.807, 2.05) is 6.07 Å². The Bertz CT molecular complexity index is 562. The first-order chi connectivity index (χ1) is 9.15. The summed E-state index contributed by atoms with van der Waals surface area (Å²) in [6.07, 6.45) is 3.34. The SMILES string of the molecule is Nc1c(NC(CO)(CO)CO)ccc2cnccc12. The van der Waals surface area contributed by atoms with Gasteiger partial charge in [0.15, 0.2) is 0 Å². The monoisotopic (exact) mass is 263 g/mol. The zero-order valence-corrected chi connectivity index (χ0v) is 10.4. The molecule has 6 N–H and O–H groups in total. The first-order valence-electron chi connectivity index (χ1n) is 5.89. The Hall–Kier alpha value is -1.89. The predicted octanol–water partition coefficient (Wildman–Crippen LogP) is -0.0554. The highest BCUT2D eigenvalue weighted by Crippen LogP contribution is 2.29. The lowest BCUT2D eigenvalue weighted by atomic mass is 10.0. The van der Waals surface area contributed by atoms with Gasteiger partial charge in [0, 0.05) is 23.2 Å². The number of nitrogens with one attached hydrogen (secondary N) is 1. The number of pyridine rings is 1. The third-order valence-corrected chi connectivity index (χ3v) is 3.17. The maximum atomic E-state index is 9.31. The molecule has 0 spiro atoms. The highest BCUT2D eigenvalue weighted by Gasteiger charge is 2.28. The molecule has 0 aliphatic heterocycles. The van der Waals surface area contributed by atoms with Crippen molar-refractivity contribution >= 4 is 22.1 Å². The number of aromatic nitrogens is 1. The highest BCUT2D eigenvalue weighted by molar-refractivity contribution is 5.98. The fourth-order valence-corrected chi connectivity index (χ4v) is 1.86. The van der Waals surface area contributed by atoms with E-state index >= 15 is 0 Å². The van der Waals surface area contributed by atoms with E-state index in [-0.39, 0.29) is 0 Å². The van der Waals surface area contributed by atoms with Crippen LogP contribution in [0, 0.1) is 0 Å². The van der Waals surface area contributed by atoms with E-state index in [1.165, 1.54) is 0 Å². The molecule has 102 valence electrons. The second-order valence-corrected chi connectivity index (χ2v) is 4.50. The van der Waals surface area contributed by atoms with Crippen molar-refractivity contribution in [2.45, 2.75) is 5.54 Å². The minimum atomic E-state index is -1.20. The van der Waals surface area contributed by atoms with Gasteiger partial charge in [0.05, 0.1) is 31.2 Å². The van der Waals surface area contributed by atoms with Gasteiger partial charge in [0.2, 0.25) is 0 Å². The quantitative estimate of drug-likeness (QED) is 0.483. The van der Waals surface area contributed by atoms with Crippen molar-refractivity contribution in [3.63, 3.8) is 0 Å². The minimum absolute atomic E-state index is 0.409. The van der Waals surface area contributed by atoms with E-state index in [2.05, 4.69) is 10.3 Å². The molecule has 0 saturated heterocycles. The molecule has 6 heteroatoms. The maximum Gasteiger partial charge on any atom is 0.107 e. The average Bonchev–Trinajstić information content (AvgIpc) is 2.48. The number of anilines is 2. The maximum absolute atomic E-state index is 9.31. The zero-order valence-electron chi connectivity index (χ0n) is 10.4. The van der Waals surface area contributed by atoms with Crippen LogP contribution in [-0.4, -0.2) is 45.7 Å². The number of rotatable bonds is 5. The summed E-state index contributed by atoms with van der Waals surface area (Å²) in [6.45, 7) is -1.23. The molecule has 1 aromatic heterocycles. The third-order valence-electron chi connectivity index (χ3n) is 3.17. The Kier molecular flexibility index (Phi) is 3.84.